The number of nitrogens with one attached hydrogen (secondary N) is 3. The molecule has 2 aromatic rings. The predicted molar refractivity (Wildman–Crippen MR) is 167 cm³/mol. The van der Waals surface area contributed by atoms with Gasteiger partial charge in [-0.15, -0.1) is 0 Å². The van der Waals surface area contributed by atoms with Gasteiger partial charge in [-0.1, -0.05) is 29.8 Å². The molecule has 3 atom stereocenters. The summed E-state index contributed by atoms with van der Waals surface area (Å²) in [7, 11) is -4.13. The largest absolute Gasteiger partial charge is 0.444 e. The maximum Gasteiger partial charge on any atom is 0.410 e. The average Bonchev–Trinajstić information content (AvgIpc) is 3.53. The first-order chi connectivity index (χ1) is 21.2. The molecule has 2 saturated heterocycles. The Bertz CT molecular complexity index is 1480. The summed E-state index contributed by atoms with van der Waals surface area (Å²) >= 11 is 0. The number of ether oxygens (including phenoxy) is 2. The number of sulfonamides is 1. The topological polar surface area (TPSA) is 160 Å². The molecule has 0 aromatic heterocycles. The van der Waals surface area contributed by atoms with Crippen LogP contribution in [0.3, 0.4) is 0 Å². The van der Waals surface area contributed by atoms with Crippen LogP contribution in [0.1, 0.15) is 57.6 Å². The van der Waals surface area contributed by atoms with Gasteiger partial charge in [-0.05, 0) is 96.2 Å². The Morgan fingerprint density at radius 2 is 1.69 bits per heavy atom. The van der Waals surface area contributed by atoms with Gasteiger partial charge in [0.05, 0.1) is 10.8 Å². The second-order valence-corrected chi connectivity index (χ2v) is 14.2. The van der Waals surface area contributed by atoms with Crippen molar-refractivity contribution in [3.8, 4) is 0 Å². The number of benzene rings is 2. The van der Waals surface area contributed by atoms with Gasteiger partial charge in [-0.3, -0.25) is 4.79 Å². The summed E-state index contributed by atoms with van der Waals surface area (Å²) in [5.74, 6) is -2.40. The van der Waals surface area contributed by atoms with Gasteiger partial charge in [0.2, 0.25) is 15.9 Å². The highest BCUT2D eigenvalue weighted by molar-refractivity contribution is 7.89. The molecule has 0 spiro atoms. The highest BCUT2D eigenvalue weighted by Crippen LogP contribution is 2.22. The lowest BCUT2D eigenvalue weighted by atomic mass is 9.97. The summed E-state index contributed by atoms with van der Waals surface area (Å²) in [6.45, 7) is 8.60. The van der Waals surface area contributed by atoms with Crippen molar-refractivity contribution in [2.75, 3.05) is 25.0 Å². The molecule has 3 N–H and O–H groups in total. The molecule has 0 radical (unpaired) electrons. The van der Waals surface area contributed by atoms with E-state index in [1.165, 1.54) is 12.1 Å². The van der Waals surface area contributed by atoms with E-state index < -0.39 is 51.7 Å². The minimum atomic E-state index is -4.13. The summed E-state index contributed by atoms with van der Waals surface area (Å²) in [6, 6.07) is 10.8. The molecule has 45 heavy (non-hydrogen) atoms. The lowest BCUT2D eigenvalue weighted by Crippen LogP contribution is -2.45. The Labute approximate surface area is 264 Å². The van der Waals surface area contributed by atoms with Crippen molar-refractivity contribution in [2.45, 2.75) is 82.4 Å². The smallest absolute Gasteiger partial charge is 0.410 e. The standard InChI is InChI=1S/C32H42N4O8S/c1-21-9-15-25(16-10-21)45(41,42)35-27(30(39)43-29(38)26-8-5-17-33-26)19-22-11-13-24(14-12-22)34-28(37)23-7-6-18-36(20-23)31(40)44-32(2,3)4/h9-16,23,26-27,33,35H,5-8,17-20H2,1-4H3,(H,34,37)/t23?,26-,27-/m0/s1. The monoisotopic (exact) mass is 642 g/mol. The Hall–Kier alpha value is -3.81. The minimum absolute atomic E-state index is 0.0271. The molecule has 12 nitrogen and oxygen atoms in total. The molecule has 0 bridgehead atoms. The molecule has 2 aliphatic rings. The van der Waals surface area contributed by atoms with Crippen LogP contribution in [-0.2, 0) is 40.3 Å². The zero-order valence-corrected chi connectivity index (χ0v) is 26.9. The summed E-state index contributed by atoms with van der Waals surface area (Å²) in [6.07, 6.45) is 2.05. The second kappa shape index (κ2) is 14.5. The van der Waals surface area contributed by atoms with Crippen LogP contribution in [0.25, 0.3) is 0 Å². The molecule has 2 aliphatic heterocycles. The van der Waals surface area contributed by atoms with Gasteiger partial charge in [0.15, 0.2) is 0 Å². The van der Waals surface area contributed by atoms with Gasteiger partial charge in [-0.2, -0.15) is 4.72 Å². The second-order valence-electron chi connectivity index (χ2n) is 12.5. The van der Waals surface area contributed by atoms with E-state index in [-0.39, 0.29) is 23.8 Å². The number of rotatable bonds is 9. The Balaban J connectivity index is 1.42. The summed E-state index contributed by atoms with van der Waals surface area (Å²) in [4.78, 5) is 52.7. The maximum atomic E-state index is 13.2. The van der Waals surface area contributed by atoms with Crippen molar-refractivity contribution < 1.29 is 37.1 Å². The number of piperidine rings is 1. The minimum Gasteiger partial charge on any atom is -0.444 e. The molecular formula is C32H42N4O8S. The number of anilines is 1. The number of carbonyl (C=O) groups excluding carboxylic acids is 4. The molecule has 0 saturated carbocycles. The molecule has 2 amide bonds. The van der Waals surface area contributed by atoms with E-state index in [0.717, 1.165) is 12.0 Å². The van der Waals surface area contributed by atoms with E-state index in [1.54, 1.807) is 62.1 Å². The van der Waals surface area contributed by atoms with E-state index in [1.807, 2.05) is 6.92 Å². The third-order valence-corrected chi connectivity index (χ3v) is 9.05. The summed E-state index contributed by atoms with van der Waals surface area (Å²) in [5, 5.41) is 5.84. The molecule has 13 heteroatoms. The van der Waals surface area contributed by atoms with Crippen LogP contribution < -0.4 is 15.4 Å². The van der Waals surface area contributed by atoms with E-state index in [9.17, 15) is 27.6 Å². The Kier molecular flexibility index (Phi) is 11.0. The van der Waals surface area contributed by atoms with Crippen molar-refractivity contribution in [2.24, 2.45) is 5.92 Å². The van der Waals surface area contributed by atoms with Crippen LogP contribution in [0.5, 0.6) is 0 Å². The fourth-order valence-electron chi connectivity index (χ4n) is 5.16. The maximum absolute atomic E-state index is 13.2. The number of carbonyl (C=O) groups is 4. The van der Waals surface area contributed by atoms with Gasteiger partial charge >= 0.3 is 18.0 Å². The van der Waals surface area contributed by atoms with Crippen LogP contribution in [0, 0.1) is 12.8 Å². The van der Waals surface area contributed by atoms with Crippen molar-refractivity contribution in [1.29, 1.82) is 0 Å². The zero-order valence-electron chi connectivity index (χ0n) is 26.1. The zero-order chi connectivity index (χ0) is 32.8. The van der Waals surface area contributed by atoms with Crippen molar-refractivity contribution >= 4 is 39.6 Å². The quantitative estimate of drug-likeness (QED) is 0.276. The number of amides is 2. The number of esters is 2. The molecular weight excluding hydrogens is 600 g/mol. The molecule has 244 valence electrons. The molecule has 4 rings (SSSR count). The molecule has 2 aromatic carbocycles. The Morgan fingerprint density at radius 1 is 1.00 bits per heavy atom. The number of likely N-dealkylation sites (tertiary alicyclic amines) is 1. The van der Waals surface area contributed by atoms with Gasteiger partial charge in [-0.25, -0.2) is 22.8 Å². The SMILES string of the molecule is Cc1ccc(S(=O)(=O)N[C@@H](Cc2ccc(NC(=O)C3CCCN(C(=O)OC(C)(C)C)C3)cc2)C(=O)OC(=O)[C@@H]2CCCN2)cc1. The average molecular weight is 643 g/mol. The van der Waals surface area contributed by atoms with Crippen molar-refractivity contribution in [3.05, 3.63) is 59.7 Å². The van der Waals surface area contributed by atoms with E-state index in [2.05, 4.69) is 15.4 Å². The number of hydrogen-bond acceptors (Lipinski definition) is 9. The van der Waals surface area contributed by atoms with E-state index in [0.29, 0.717) is 43.6 Å². The first-order valence-corrected chi connectivity index (χ1v) is 16.6. The summed E-state index contributed by atoms with van der Waals surface area (Å²) in [5.41, 5.74) is 1.31. The molecule has 2 fully saturated rings. The normalized spacial score (nSPS) is 19.4. The fourth-order valence-corrected chi connectivity index (χ4v) is 6.35. The van der Waals surface area contributed by atoms with E-state index >= 15 is 0 Å². The van der Waals surface area contributed by atoms with Gasteiger partial charge in [0.1, 0.15) is 17.7 Å². The van der Waals surface area contributed by atoms with Crippen molar-refractivity contribution in [1.82, 2.24) is 14.9 Å². The molecule has 0 aliphatic carbocycles. The first kappa shape index (κ1) is 34.1. The lowest BCUT2D eigenvalue weighted by molar-refractivity contribution is -0.162. The highest BCUT2D eigenvalue weighted by Gasteiger charge is 2.33. The molecule has 1 unspecified atom stereocenters. The van der Waals surface area contributed by atoms with Crippen LogP contribution in [0.15, 0.2) is 53.4 Å². The highest BCUT2D eigenvalue weighted by atomic mass is 32.2. The molecule has 2 heterocycles. The van der Waals surface area contributed by atoms with Gasteiger partial charge in [0.25, 0.3) is 0 Å². The lowest BCUT2D eigenvalue weighted by Gasteiger charge is -2.33. The number of hydrogen-bond donors (Lipinski definition) is 3. The fraction of sp³-hybridized carbons (Fsp3) is 0.500. The van der Waals surface area contributed by atoms with Gasteiger partial charge in [0, 0.05) is 18.8 Å². The van der Waals surface area contributed by atoms with Crippen LogP contribution in [-0.4, -0.2) is 74.6 Å². The third-order valence-electron chi connectivity index (χ3n) is 7.56. The van der Waals surface area contributed by atoms with Crippen LogP contribution in [0.4, 0.5) is 10.5 Å². The van der Waals surface area contributed by atoms with Gasteiger partial charge < -0.3 is 25.0 Å². The van der Waals surface area contributed by atoms with Crippen LogP contribution in [0.2, 0.25) is 0 Å². The van der Waals surface area contributed by atoms with Crippen molar-refractivity contribution in [3.63, 3.8) is 0 Å². The summed E-state index contributed by atoms with van der Waals surface area (Å²) < 4.78 is 39.3. The third kappa shape index (κ3) is 9.84. The van der Waals surface area contributed by atoms with E-state index in [4.69, 9.17) is 9.47 Å². The number of nitrogens with zero attached hydrogens (tertiary/aromatic N) is 1. The van der Waals surface area contributed by atoms with Crippen LogP contribution >= 0.6 is 0 Å². The first-order valence-electron chi connectivity index (χ1n) is 15.2. The predicted octanol–water partition coefficient (Wildman–Crippen LogP) is 3.29. The Morgan fingerprint density at radius 3 is 2.31 bits per heavy atom. The number of aryl methyl sites for hydroxylation is 1.